The van der Waals surface area contributed by atoms with E-state index in [2.05, 4.69) is 29.5 Å². The van der Waals surface area contributed by atoms with Gasteiger partial charge in [-0.15, -0.1) is 0 Å². The first-order valence-corrected chi connectivity index (χ1v) is 7.11. The van der Waals surface area contributed by atoms with Gasteiger partial charge < -0.3 is 10.6 Å². The molecule has 1 saturated carbocycles. The number of pyridine rings is 1. The summed E-state index contributed by atoms with van der Waals surface area (Å²) >= 11 is 0. The fraction of sp³-hybridized carbons (Fsp3) is 0.600. The van der Waals surface area contributed by atoms with Crippen LogP contribution in [-0.4, -0.2) is 24.0 Å². The van der Waals surface area contributed by atoms with Crippen LogP contribution in [0.2, 0.25) is 0 Å². The Morgan fingerprint density at radius 3 is 2.85 bits per heavy atom. The second kappa shape index (κ2) is 5.77. The summed E-state index contributed by atoms with van der Waals surface area (Å²) in [5.74, 6) is 0.197. The number of aromatic nitrogens is 1. The van der Waals surface area contributed by atoms with E-state index in [0.29, 0.717) is 30.2 Å². The third-order valence-electron chi connectivity index (χ3n) is 3.87. The normalized spacial score (nSPS) is 19.5. The van der Waals surface area contributed by atoms with Crippen molar-refractivity contribution in [2.24, 2.45) is 11.3 Å². The fourth-order valence-electron chi connectivity index (χ4n) is 2.23. The summed E-state index contributed by atoms with van der Waals surface area (Å²) in [6.07, 6.45) is 3.16. The minimum Gasteiger partial charge on any atom is -0.369 e. The lowest BCUT2D eigenvalue weighted by molar-refractivity contribution is 0.0950. The van der Waals surface area contributed by atoms with Gasteiger partial charge in [-0.25, -0.2) is 9.37 Å². The summed E-state index contributed by atoms with van der Waals surface area (Å²) < 4.78 is 13.3. The van der Waals surface area contributed by atoms with Crippen molar-refractivity contribution in [1.82, 2.24) is 10.3 Å². The van der Waals surface area contributed by atoms with Gasteiger partial charge in [0.25, 0.3) is 5.91 Å². The van der Waals surface area contributed by atoms with Gasteiger partial charge >= 0.3 is 0 Å². The average Bonchev–Trinajstić information content (AvgIpc) is 3.02. The first-order chi connectivity index (χ1) is 9.44. The molecule has 0 saturated heterocycles. The maximum atomic E-state index is 13.3. The lowest BCUT2D eigenvalue weighted by Gasteiger charge is -2.11. The molecule has 0 aliphatic heterocycles. The number of hydrogen-bond donors (Lipinski definition) is 2. The van der Waals surface area contributed by atoms with E-state index in [1.165, 1.54) is 6.07 Å². The topological polar surface area (TPSA) is 54.0 Å². The van der Waals surface area contributed by atoms with Crippen LogP contribution < -0.4 is 10.6 Å². The Kier molecular flexibility index (Phi) is 4.26. The van der Waals surface area contributed by atoms with Crippen molar-refractivity contribution in [3.8, 4) is 0 Å². The van der Waals surface area contributed by atoms with E-state index in [1.54, 1.807) is 0 Å². The number of nitrogens with one attached hydrogen (secondary N) is 2. The van der Waals surface area contributed by atoms with Crippen molar-refractivity contribution in [2.45, 2.75) is 33.6 Å². The molecule has 1 atom stereocenters. The first-order valence-electron chi connectivity index (χ1n) is 7.11. The van der Waals surface area contributed by atoms with Crippen LogP contribution in [0.1, 0.15) is 44.0 Å². The molecule has 110 valence electrons. The molecule has 1 aliphatic carbocycles. The highest BCUT2D eigenvalue weighted by Crippen LogP contribution is 2.50. The van der Waals surface area contributed by atoms with Crippen LogP contribution in [0.5, 0.6) is 0 Å². The molecule has 1 unspecified atom stereocenters. The minimum atomic E-state index is -0.496. The van der Waals surface area contributed by atoms with Gasteiger partial charge in [-0.3, -0.25) is 4.79 Å². The van der Waals surface area contributed by atoms with Gasteiger partial charge in [-0.1, -0.05) is 20.8 Å². The summed E-state index contributed by atoms with van der Waals surface area (Å²) in [4.78, 5) is 16.1. The quantitative estimate of drug-likeness (QED) is 0.842. The highest BCUT2D eigenvalue weighted by molar-refractivity contribution is 5.98. The van der Waals surface area contributed by atoms with Crippen LogP contribution in [0.3, 0.4) is 0 Å². The van der Waals surface area contributed by atoms with Gasteiger partial charge in [0.05, 0.1) is 11.8 Å². The molecule has 0 spiro atoms. The molecule has 0 radical (unpaired) electrons. The van der Waals surface area contributed by atoms with Gasteiger partial charge in [0.2, 0.25) is 0 Å². The highest BCUT2D eigenvalue weighted by Gasteiger charge is 2.45. The summed E-state index contributed by atoms with van der Waals surface area (Å²) in [5.41, 5.74) is 0.591. The number of hydrogen-bond acceptors (Lipinski definition) is 3. The zero-order chi connectivity index (χ0) is 14.8. The molecule has 0 aromatic carbocycles. The average molecular weight is 279 g/mol. The largest absolute Gasteiger partial charge is 0.369 e. The summed E-state index contributed by atoms with van der Waals surface area (Å²) in [7, 11) is 0. The number of carbonyl (C=O) groups excluding carboxylic acids is 1. The second-order valence-corrected chi connectivity index (χ2v) is 6.08. The van der Waals surface area contributed by atoms with Crippen LogP contribution in [0.4, 0.5) is 10.2 Å². The van der Waals surface area contributed by atoms with Crippen molar-refractivity contribution in [3.63, 3.8) is 0 Å². The van der Waals surface area contributed by atoms with Crippen molar-refractivity contribution in [1.29, 1.82) is 0 Å². The molecule has 1 amide bonds. The van der Waals surface area contributed by atoms with Crippen molar-refractivity contribution in [2.75, 3.05) is 18.4 Å². The fourth-order valence-corrected chi connectivity index (χ4v) is 2.23. The number of carbonyl (C=O) groups is 1. The summed E-state index contributed by atoms with van der Waals surface area (Å²) in [6.45, 7) is 7.72. The van der Waals surface area contributed by atoms with Crippen LogP contribution in [-0.2, 0) is 0 Å². The summed E-state index contributed by atoms with van der Waals surface area (Å²) in [6, 6.07) is 1.23. The third kappa shape index (κ3) is 3.46. The van der Waals surface area contributed by atoms with Crippen LogP contribution in [0.15, 0.2) is 12.3 Å². The number of rotatable bonds is 6. The SMILES string of the molecule is CCCNc1ncc(F)cc1C(=O)NCC1CC1(C)C. The summed E-state index contributed by atoms with van der Waals surface area (Å²) in [5, 5.41) is 5.93. The standard InChI is InChI=1S/C15H22FN3O/c1-4-5-17-13-12(6-11(16)9-18-13)14(20)19-8-10-7-15(10,2)3/h6,9-10H,4-5,7-8H2,1-3H3,(H,17,18)(H,19,20). The molecule has 1 aliphatic rings. The van der Waals surface area contributed by atoms with E-state index in [9.17, 15) is 9.18 Å². The van der Waals surface area contributed by atoms with Crippen LogP contribution >= 0.6 is 0 Å². The van der Waals surface area contributed by atoms with Crippen molar-refractivity contribution >= 4 is 11.7 Å². The van der Waals surface area contributed by atoms with E-state index in [1.807, 2.05) is 6.92 Å². The maximum Gasteiger partial charge on any atom is 0.255 e. The number of anilines is 1. The van der Waals surface area contributed by atoms with Crippen LogP contribution in [0, 0.1) is 17.2 Å². The molecular weight excluding hydrogens is 257 g/mol. The maximum absolute atomic E-state index is 13.3. The van der Waals surface area contributed by atoms with Crippen molar-refractivity contribution < 1.29 is 9.18 Å². The van der Waals surface area contributed by atoms with Gasteiger partial charge in [0.1, 0.15) is 11.6 Å². The second-order valence-electron chi connectivity index (χ2n) is 6.08. The predicted molar refractivity (Wildman–Crippen MR) is 77.2 cm³/mol. The molecule has 1 heterocycles. The third-order valence-corrected chi connectivity index (χ3v) is 3.87. The van der Waals surface area contributed by atoms with Crippen LogP contribution in [0.25, 0.3) is 0 Å². The minimum absolute atomic E-state index is 0.265. The van der Waals surface area contributed by atoms with Gasteiger partial charge in [0, 0.05) is 13.1 Å². The van der Waals surface area contributed by atoms with E-state index in [0.717, 1.165) is 19.0 Å². The molecule has 0 bridgehead atoms. The number of amides is 1. The lowest BCUT2D eigenvalue weighted by Crippen LogP contribution is -2.28. The van der Waals surface area contributed by atoms with E-state index in [4.69, 9.17) is 0 Å². The lowest BCUT2D eigenvalue weighted by atomic mass is 10.1. The Labute approximate surface area is 119 Å². The molecule has 4 nitrogen and oxygen atoms in total. The molecule has 2 N–H and O–H groups in total. The van der Waals surface area contributed by atoms with Gasteiger partial charge in [-0.2, -0.15) is 0 Å². The van der Waals surface area contributed by atoms with E-state index >= 15 is 0 Å². The monoisotopic (exact) mass is 279 g/mol. The first kappa shape index (κ1) is 14.8. The Morgan fingerprint density at radius 2 is 2.25 bits per heavy atom. The molecule has 1 aromatic rings. The predicted octanol–water partition coefficient (Wildman–Crippen LogP) is 2.82. The number of halogens is 1. The van der Waals surface area contributed by atoms with Crippen molar-refractivity contribution in [3.05, 3.63) is 23.6 Å². The van der Waals surface area contributed by atoms with Gasteiger partial charge in [-0.05, 0) is 30.2 Å². The van der Waals surface area contributed by atoms with Gasteiger partial charge in [0.15, 0.2) is 0 Å². The Balaban J connectivity index is 2.02. The molecule has 5 heteroatoms. The smallest absolute Gasteiger partial charge is 0.255 e. The highest BCUT2D eigenvalue weighted by atomic mass is 19.1. The zero-order valence-corrected chi connectivity index (χ0v) is 12.3. The number of nitrogens with zero attached hydrogens (tertiary/aromatic N) is 1. The molecular formula is C15H22FN3O. The Morgan fingerprint density at radius 1 is 1.55 bits per heavy atom. The molecule has 20 heavy (non-hydrogen) atoms. The van der Waals surface area contributed by atoms with E-state index in [-0.39, 0.29) is 11.5 Å². The molecule has 2 rings (SSSR count). The molecule has 1 fully saturated rings. The van der Waals surface area contributed by atoms with E-state index < -0.39 is 5.82 Å². The Bertz CT molecular complexity index is 502. The zero-order valence-electron chi connectivity index (χ0n) is 12.3. The Hall–Kier alpha value is -1.65. The molecule has 1 aromatic heterocycles.